The molecule has 0 aliphatic carbocycles. The van der Waals surface area contributed by atoms with Gasteiger partial charge in [-0.05, 0) is 56.1 Å². The molecule has 2 heteroatoms. The quantitative estimate of drug-likeness (QED) is 0.622. The Labute approximate surface area is 143 Å². The Hall–Kier alpha value is -1.28. The van der Waals surface area contributed by atoms with E-state index in [-0.39, 0.29) is 10.8 Å². The number of anilines is 2. The Kier molecular flexibility index (Phi) is 4.72. The highest BCUT2D eigenvalue weighted by atomic mass is 79.9. The van der Waals surface area contributed by atoms with Crippen LogP contribution in [0.5, 0.6) is 0 Å². The van der Waals surface area contributed by atoms with Gasteiger partial charge in [-0.25, -0.2) is 0 Å². The summed E-state index contributed by atoms with van der Waals surface area (Å²) in [5.74, 6) is 0. The number of halogens is 1. The largest absolute Gasteiger partial charge is 0.354 e. The zero-order valence-electron chi connectivity index (χ0n) is 14.4. The first kappa shape index (κ1) is 17.1. The van der Waals surface area contributed by atoms with Crippen molar-refractivity contribution in [2.75, 3.05) is 5.32 Å². The molecule has 2 aromatic carbocycles. The summed E-state index contributed by atoms with van der Waals surface area (Å²) in [6.07, 6.45) is 0. The third kappa shape index (κ3) is 3.92. The smallest absolute Gasteiger partial charge is 0.0528 e. The molecule has 0 radical (unpaired) electrons. The van der Waals surface area contributed by atoms with Gasteiger partial charge in [-0.3, -0.25) is 0 Å². The van der Waals surface area contributed by atoms with Crippen LogP contribution < -0.4 is 5.32 Å². The maximum atomic E-state index is 3.62. The van der Waals surface area contributed by atoms with Gasteiger partial charge in [0, 0.05) is 10.2 Å². The molecule has 2 aromatic rings. The summed E-state index contributed by atoms with van der Waals surface area (Å²) in [7, 11) is 0. The number of para-hydroxylation sites is 1. The highest BCUT2D eigenvalue weighted by molar-refractivity contribution is 9.10. The van der Waals surface area contributed by atoms with Crippen LogP contribution in [0, 0.1) is 0 Å². The van der Waals surface area contributed by atoms with Crippen molar-refractivity contribution in [3.8, 4) is 0 Å². The second-order valence-electron chi connectivity index (χ2n) is 7.87. The summed E-state index contributed by atoms with van der Waals surface area (Å²) in [6.45, 7) is 13.5. The van der Waals surface area contributed by atoms with Crippen LogP contribution in [-0.2, 0) is 10.8 Å². The van der Waals surface area contributed by atoms with Crippen LogP contribution in [0.3, 0.4) is 0 Å². The lowest BCUT2D eigenvalue weighted by molar-refractivity contribution is 0.578. The first-order valence-electron chi connectivity index (χ1n) is 7.75. The van der Waals surface area contributed by atoms with Crippen LogP contribution in [0.15, 0.2) is 46.9 Å². The van der Waals surface area contributed by atoms with Crippen molar-refractivity contribution in [3.05, 3.63) is 58.1 Å². The van der Waals surface area contributed by atoms with Crippen molar-refractivity contribution >= 4 is 27.3 Å². The van der Waals surface area contributed by atoms with Crippen LogP contribution >= 0.6 is 15.9 Å². The van der Waals surface area contributed by atoms with E-state index in [4.69, 9.17) is 0 Å². The topological polar surface area (TPSA) is 12.0 Å². The van der Waals surface area contributed by atoms with Crippen molar-refractivity contribution in [1.82, 2.24) is 0 Å². The first-order valence-corrected chi connectivity index (χ1v) is 8.55. The minimum Gasteiger partial charge on any atom is -0.354 e. The summed E-state index contributed by atoms with van der Waals surface area (Å²) in [5.41, 5.74) is 5.19. The molecule has 118 valence electrons. The zero-order valence-corrected chi connectivity index (χ0v) is 16.0. The van der Waals surface area contributed by atoms with Gasteiger partial charge in [0.1, 0.15) is 0 Å². The normalized spacial score (nSPS) is 12.3. The molecular weight excluding hydrogens is 334 g/mol. The van der Waals surface area contributed by atoms with Gasteiger partial charge in [-0.15, -0.1) is 0 Å². The number of hydrogen-bond donors (Lipinski definition) is 1. The minimum atomic E-state index is 0.0972. The molecule has 2 rings (SSSR count). The Bertz CT molecular complexity index is 660. The van der Waals surface area contributed by atoms with Gasteiger partial charge in [0.05, 0.1) is 5.69 Å². The highest BCUT2D eigenvalue weighted by Gasteiger charge is 2.21. The average molecular weight is 360 g/mol. The van der Waals surface area contributed by atoms with E-state index >= 15 is 0 Å². The molecule has 0 fully saturated rings. The molecule has 0 saturated carbocycles. The van der Waals surface area contributed by atoms with E-state index in [2.05, 4.69) is 99.2 Å². The molecule has 0 heterocycles. The van der Waals surface area contributed by atoms with Crippen molar-refractivity contribution < 1.29 is 0 Å². The summed E-state index contributed by atoms with van der Waals surface area (Å²) in [5, 5.41) is 3.61. The fraction of sp³-hybridized carbons (Fsp3) is 0.400. The maximum absolute atomic E-state index is 3.62. The van der Waals surface area contributed by atoms with Gasteiger partial charge < -0.3 is 5.32 Å². The number of benzene rings is 2. The first-order chi connectivity index (χ1) is 10.1. The number of hydrogen-bond acceptors (Lipinski definition) is 1. The summed E-state index contributed by atoms with van der Waals surface area (Å²) in [4.78, 5) is 0. The van der Waals surface area contributed by atoms with Gasteiger partial charge in [0.25, 0.3) is 0 Å². The second kappa shape index (κ2) is 6.08. The van der Waals surface area contributed by atoms with E-state index in [0.717, 1.165) is 10.2 Å². The highest BCUT2D eigenvalue weighted by Crippen LogP contribution is 2.36. The summed E-state index contributed by atoms with van der Waals surface area (Å²) < 4.78 is 1.08. The molecule has 0 bridgehead atoms. The molecule has 0 aliphatic rings. The van der Waals surface area contributed by atoms with Crippen molar-refractivity contribution in [3.63, 3.8) is 0 Å². The Morgan fingerprint density at radius 3 is 1.95 bits per heavy atom. The van der Waals surface area contributed by atoms with Crippen LogP contribution in [-0.4, -0.2) is 0 Å². The van der Waals surface area contributed by atoms with Gasteiger partial charge in [-0.2, -0.15) is 0 Å². The third-order valence-corrected chi connectivity index (χ3v) is 4.53. The lowest BCUT2D eigenvalue weighted by Crippen LogP contribution is -2.17. The molecule has 0 spiro atoms. The fourth-order valence-electron chi connectivity index (χ4n) is 2.48. The molecule has 1 nitrogen and oxygen atoms in total. The van der Waals surface area contributed by atoms with Gasteiger partial charge in [0.15, 0.2) is 0 Å². The monoisotopic (exact) mass is 359 g/mol. The lowest BCUT2D eigenvalue weighted by atomic mass is 9.81. The molecule has 0 aliphatic heterocycles. The molecule has 0 aromatic heterocycles. The van der Waals surface area contributed by atoms with Crippen molar-refractivity contribution in [2.45, 2.75) is 52.4 Å². The Balaban J connectivity index is 2.53. The van der Waals surface area contributed by atoms with E-state index in [1.165, 1.54) is 16.8 Å². The number of nitrogens with one attached hydrogen (secondary N) is 1. The SMILES string of the molecule is CC(C)(C)c1ccc(C(C)(C)C)c(Nc2ccccc2Br)c1. The van der Waals surface area contributed by atoms with Crippen LogP contribution in [0.1, 0.15) is 52.7 Å². The van der Waals surface area contributed by atoms with E-state index in [9.17, 15) is 0 Å². The fourth-order valence-corrected chi connectivity index (χ4v) is 2.86. The number of rotatable bonds is 2. The molecule has 0 amide bonds. The van der Waals surface area contributed by atoms with Gasteiger partial charge in [-0.1, -0.05) is 65.8 Å². The maximum Gasteiger partial charge on any atom is 0.0528 e. The van der Waals surface area contributed by atoms with Gasteiger partial charge >= 0.3 is 0 Å². The van der Waals surface area contributed by atoms with E-state index in [1.807, 2.05) is 6.07 Å². The lowest BCUT2D eigenvalue weighted by Gasteiger charge is -2.27. The molecule has 0 atom stereocenters. The molecule has 0 saturated heterocycles. The van der Waals surface area contributed by atoms with Crippen LogP contribution in [0.4, 0.5) is 11.4 Å². The second-order valence-corrected chi connectivity index (χ2v) is 8.72. The molecule has 0 unspecified atom stereocenters. The van der Waals surface area contributed by atoms with Crippen molar-refractivity contribution in [2.24, 2.45) is 0 Å². The van der Waals surface area contributed by atoms with Gasteiger partial charge in [0.2, 0.25) is 0 Å². The van der Waals surface area contributed by atoms with Crippen LogP contribution in [0.2, 0.25) is 0 Å². The minimum absolute atomic E-state index is 0.0972. The summed E-state index contributed by atoms with van der Waals surface area (Å²) in [6, 6.07) is 15.1. The Morgan fingerprint density at radius 2 is 1.41 bits per heavy atom. The van der Waals surface area contributed by atoms with E-state index in [1.54, 1.807) is 0 Å². The average Bonchev–Trinajstić information content (AvgIpc) is 2.39. The van der Waals surface area contributed by atoms with E-state index < -0.39 is 0 Å². The third-order valence-electron chi connectivity index (χ3n) is 3.84. The van der Waals surface area contributed by atoms with E-state index in [0.29, 0.717) is 0 Å². The molecule has 22 heavy (non-hydrogen) atoms. The predicted molar refractivity (Wildman–Crippen MR) is 101 cm³/mol. The van der Waals surface area contributed by atoms with Crippen LogP contribution in [0.25, 0.3) is 0 Å². The molecule has 1 N–H and O–H groups in total. The zero-order chi connectivity index (χ0) is 16.5. The predicted octanol–water partition coefficient (Wildman–Crippen LogP) is 6.79. The Morgan fingerprint density at radius 1 is 0.773 bits per heavy atom. The molecular formula is C20H26BrN. The van der Waals surface area contributed by atoms with Crippen molar-refractivity contribution in [1.29, 1.82) is 0 Å². The summed E-state index contributed by atoms with van der Waals surface area (Å²) >= 11 is 3.62. The standard InChI is InChI=1S/C20H26BrN/c1-19(2,3)14-11-12-15(20(4,5)6)18(13-14)22-17-10-8-7-9-16(17)21/h7-13,22H,1-6H3.